The summed E-state index contributed by atoms with van der Waals surface area (Å²) >= 11 is 0. The number of aryl methyl sites for hydroxylation is 1. The van der Waals surface area contributed by atoms with Crippen molar-refractivity contribution in [3.05, 3.63) is 46.4 Å². The third-order valence-corrected chi connectivity index (χ3v) is 2.10. The average Bonchev–Trinajstić information content (AvgIpc) is 2.17. The smallest absolute Gasteiger partial charge is 0.258 e. The molecule has 0 amide bonds. The second-order valence-electron chi connectivity index (χ2n) is 3.15. The van der Waals surface area contributed by atoms with Crippen molar-refractivity contribution in [3.8, 4) is 0 Å². The zero-order chi connectivity index (χ0) is 10.7. The van der Waals surface area contributed by atoms with E-state index in [2.05, 4.69) is 6.92 Å². The van der Waals surface area contributed by atoms with Crippen LogP contribution < -0.4 is 0 Å². The Labute approximate surface area is 81.7 Å². The molecule has 0 bridgehead atoms. The molecule has 0 heterocycles. The molecule has 1 radical (unpaired) electrons. The molecule has 0 aliphatic heterocycles. The number of nitro benzene ring substituents is 1. The quantitative estimate of drug-likeness (QED) is 0.551. The van der Waals surface area contributed by atoms with Crippen molar-refractivity contribution in [3.63, 3.8) is 0 Å². The minimum Gasteiger partial charge on any atom is -0.258 e. The van der Waals surface area contributed by atoms with Gasteiger partial charge in [0.1, 0.15) is 0 Å². The predicted octanol–water partition coefficient (Wildman–Crippen LogP) is 2.79. The fourth-order valence-electron chi connectivity index (χ4n) is 1.26. The zero-order valence-corrected chi connectivity index (χ0v) is 7.87. The number of nitro groups is 1. The molecule has 0 aromatic heterocycles. The minimum absolute atomic E-state index is 0.0206. The first-order valence-electron chi connectivity index (χ1n) is 4.20. The number of hydrogen-bond acceptors (Lipinski definition) is 2. The van der Waals surface area contributed by atoms with Gasteiger partial charge in [0.2, 0.25) is 0 Å². The molecule has 0 saturated heterocycles. The Morgan fingerprint density at radius 3 is 2.79 bits per heavy atom. The van der Waals surface area contributed by atoms with Gasteiger partial charge in [0.05, 0.1) is 11.6 Å². The van der Waals surface area contributed by atoms with Crippen LogP contribution in [0.4, 0.5) is 10.1 Å². The highest BCUT2D eigenvalue weighted by Gasteiger charge is 2.13. The molecule has 3 nitrogen and oxygen atoms in total. The molecule has 1 unspecified atom stereocenters. The maximum Gasteiger partial charge on any atom is 0.269 e. The van der Waals surface area contributed by atoms with Gasteiger partial charge in [0.25, 0.3) is 5.69 Å². The lowest BCUT2D eigenvalue weighted by atomic mass is 9.97. The molecule has 0 saturated carbocycles. The van der Waals surface area contributed by atoms with E-state index in [0.29, 0.717) is 5.56 Å². The molecule has 1 rings (SSSR count). The van der Waals surface area contributed by atoms with E-state index in [-0.39, 0.29) is 5.69 Å². The molecule has 14 heavy (non-hydrogen) atoms. The van der Waals surface area contributed by atoms with Crippen LogP contribution in [0.5, 0.6) is 0 Å². The summed E-state index contributed by atoms with van der Waals surface area (Å²) in [6.07, 6.45) is 0. The van der Waals surface area contributed by atoms with Crippen molar-refractivity contribution >= 4 is 5.69 Å². The number of non-ortho nitro benzene ring substituents is 1. The lowest BCUT2D eigenvalue weighted by Crippen LogP contribution is -2.00. The van der Waals surface area contributed by atoms with Crippen LogP contribution in [0.1, 0.15) is 17.0 Å². The monoisotopic (exact) mass is 196 g/mol. The Bertz CT molecular complexity index is 352. The van der Waals surface area contributed by atoms with Crippen LogP contribution in [-0.2, 0) is 0 Å². The van der Waals surface area contributed by atoms with Crippen molar-refractivity contribution in [2.75, 3.05) is 6.67 Å². The van der Waals surface area contributed by atoms with Gasteiger partial charge < -0.3 is 0 Å². The van der Waals surface area contributed by atoms with E-state index in [0.717, 1.165) is 5.56 Å². The second kappa shape index (κ2) is 4.17. The summed E-state index contributed by atoms with van der Waals surface area (Å²) in [5.41, 5.74) is 1.41. The van der Waals surface area contributed by atoms with Crippen molar-refractivity contribution < 1.29 is 9.31 Å². The van der Waals surface area contributed by atoms with Crippen molar-refractivity contribution in [1.29, 1.82) is 0 Å². The molecule has 0 fully saturated rings. The summed E-state index contributed by atoms with van der Waals surface area (Å²) in [7, 11) is 0. The molecule has 0 spiro atoms. The van der Waals surface area contributed by atoms with Gasteiger partial charge in [-0.05, 0) is 25.0 Å². The van der Waals surface area contributed by atoms with Crippen LogP contribution in [0.3, 0.4) is 0 Å². The van der Waals surface area contributed by atoms with E-state index in [1.165, 1.54) is 12.1 Å². The number of rotatable bonds is 3. The summed E-state index contributed by atoms with van der Waals surface area (Å²) in [6, 6.07) is 4.40. The highest BCUT2D eigenvalue weighted by Crippen LogP contribution is 2.24. The summed E-state index contributed by atoms with van der Waals surface area (Å²) in [5, 5.41) is 10.5. The normalized spacial score (nSPS) is 12.5. The van der Waals surface area contributed by atoms with Crippen molar-refractivity contribution in [2.45, 2.75) is 12.8 Å². The van der Waals surface area contributed by atoms with Crippen LogP contribution in [0, 0.1) is 24.0 Å². The Kier molecular flexibility index (Phi) is 3.17. The van der Waals surface area contributed by atoms with Gasteiger partial charge in [0.15, 0.2) is 0 Å². The first-order chi connectivity index (χ1) is 6.56. The lowest BCUT2D eigenvalue weighted by molar-refractivity contribution is -0.384. The molecule has 4 heteroatoms. The summed E-state index contributed by atoms with van der Waals surface area (Å²) < 4.78 is 12.4. The van der Waals surface area contributed by atoms with Gasteiger partial charge >= 0.3 is 0 Å². The lowest BCUT2D eigenvalue weighted by Gasteiger charge is -2.09. The number of halogens is 1. The molecule has 1 aromatic carbocycles. The fourth-order valence-corrected chi connectivity index (χ4v) is 1.26. The molecule has 0 aliphatic rings. The SMILES string of the molecule is [CH2]C(CF)c1cc([N+](=O)[O-])ccc1C. The van der Waals surface area contributed by atoms with E-state index in [1.54, 1.807) is 13.0 Å². The third-order valence-electron chi connectivity index (χ3n) is 2.10. The topological polar surface area (TPSA) is 43.1 Å². The second-order valence-corrected chi connectivity index (χ2v) is 3.15. The van der Waals surface area contributed by atoms with Gasteiger partial charge in [-0.1, -0.05) is 6.07 Å². The van der Waals surface area contributed by atoms with Crippen molar-refractivity contribution in [1.82, 2.24) is 0 Å². The van der Waals surface area contributed by atoms with E-state index in [9.17, 15) is 14.5 Å². The minimum atomic E-state index is -0.609. The number of benzene rings is 1. The molecule has 0 aliphatic carbocycles. The van der Waals surface area contributed by atoms with Gasteiger partial charge in [-0.2, -0.15) is 0 Å². The van der Waals surface area contributed by atoms with E-state index < -0.39 is 17.5 Å². The van der Waals surface area contributed by atoms with Gasteiger partial charge in [-0.3, -0.25) is 14.5 Å². The van der Waals surface area contributed by atoms with Gasteiger partial charge in [-0.15, -0.1) is 0 Å². The Morgan fingerprint density at radius 1 is 1.64 bits per heavy atom. The molecular formula is C10H11FNO2. The zero-order valence-electron chi connectivity index (χ0n) is 7.87. The average molecular weight is 196 g/mol. The van der Waals surface area contributed by atoms with E-state index in [4.69, 9.17) is 0 Å². The number of alkyl halides is 1. The van der Waals surface area contributed by atoms with E-state index >= 15 is 0 Å². The van der Waals surface area contributed by atoms with Crippen LogP contribution in [0.15, 0.2) is 18.2 Å². The molecule has 0 N–H and O–H groups in total. The van der Waals surface area contributed by atoms with Crippen LogP contribution in [0.2, 0.25) is 0 Å². The third kappa shape index (κ3) is 2.07. The predicted molar refractivity (Wildman–Crippen MR) is 51.9 cm³/mol. The Balaban J connectivity index is 3.14. The Morgan fingerprint density at radius 2 is 2.29 bits per heavy atom. The summed E-state index contributed by atoms with van der Waals surface area (Å²) in [6.45, 7) is 4.77. The summed E-state index contributed by atoms with van der Waals surface area (Å²) in [4.78, 5) is 9.97. The molecule has 1 atom stereocenters. The first kappa shape index (κ1) is 10.6. The van der Waals surface area contributed by atoms with Crippen LogP contribution in [-0.4, -0.2) is 11.6 Å². The van der Waals surface area contributed by atoms with Gasteiger partial charge in [-0.25, -0.2) is 0 Å². The number of nitrogens with zero attached hydrogens (tertiary/aromatic N) is 1. The molecule has 75 valence electrons. The Hall–Kier alpha value is -1.45. The largest absolute Gasteiger partial charge is 0.269 e. The maximum atomic E-state index is 12.4. The van der Waals surface area contributed by atoms with Crippen molar-refractivity contribution in [2.24, 2.45) is 0 Å². The highest BCUT2D eigenvalue weighted by molar-refractivity contribution is 5.41. The summed E-state index contributed by atoms with van der Waals surface area (Å²) in [5.74, 6) is -0.533. The standard InChI is InChI=1S/C10H11FNO2/c1-7-3-4-9(12(13)14)5-10(7)8(2)6-11/h3-5,8H,2,6H2,1H3. The fraction of sp³-hybridized carbons (Fsp3) is 0.300. The van der Waals surface area contributed by atoms with E-state index in [1.807, 2.05) is 0 Å². The van der Waals surface area contributed by atoms with Gasteiger partial charge in [0, 0.05) is 18.1 Å². The maximum absolute atomic E-state index is 12.4. The number of hydrogen-bond donors (Lipinski definition) is 0. The first-order valence-corrected chi connectivity index (χ1v) is 4.20. The molecule has 1 aromatic rings. The van der Waals surface area contributed by atoms with Crippen LogP contribution in [0.25, 0.3) is 0 Å². The molecular weight excluding hydrogens is 185 g/mol. The highest BCUT2D eigenvalue weighted by atomic mass is 19.1. The van der Waals surface area contributed by atoms with Crippen LogP contribution >= 0.6 is 0 Å².